The summed E-state index contributed by atoms with van der Waals surface area (Å²) >= 11 is 0. The number of aromatic nitrogens is 2. The third-order valence-corrected chi connectivity index (χ3v) is 4.33. The van der Waals surface area contributed by atoms with E-state index in [0.717, 1.165) is 27.2 Å². The van der Waals surface area contributed by atoms with Gasteiger partial charge in [-0.1, -0.05) is 0 Å². The summed E-state index contributed by atoms with van der Waals surface area (Å²) in [5.41, 5.74) is 4.53. The smallest absolute Gasteiger partial charge is 0.298 e. The highest BCUT2D eigenvalue weighted by molar-refractivity contribution is 6.16. The maximum Gasteiger partial charge on any atom is 0.298 e. The van der Waals surface area contributed by atoms with Crippen LogP contribution in [0, 0.1) is 13.8 Å². The Morgan fingerprint density at radius 2 is 1.95 bits per heavy atom. The van der Waals surface area contributed by atoms with Gasteiger partial charge in [0.15, 0.2) is 0 Å². The second kappa shape index (κ2) is 4.56. The van der Waals surface area contributed by atoms with E-state index < -0.39 is 0 Å². The van der Waals surface area contributed by atoms with Gasteiger partial charge in [-0.3, -0.25) is 9.78 Å². The SMILES string of the molecule is Cc1c2ccncc2c(C)c2c1[nH]c1ccc(OC=O)cc12. The second-order valence-corrected chi connectivity index (χ2v) is 5.47. The number of carbonyl (C=O) groups excluding carboxylic acids is 1. The lowest BCUT2D eigenvalue weighted by molar-refractivity contribution is -0.120. The molecule has 0 amide bonds. The molecule has 0 unspecified atom stereocenters. The molecular weight excluding hydrogens is 276 g/mol. The average Bonchev–Trinajstić information content (AvgIpc) is 2.92. The van der Waals surface area contributed by atoms with Gasteiger partial charge < -0.3 is 9.72 Å². The molecule has 4 nitrogen and oxygen atoms in total. The number of benzene rings is 2. The van der Waals surface area contributed by atoms with Crippen LogP contribution < -0.4 is 4.74 Å². The van der Waals surface area contributed by atoms with Crippen molar-refractivity contribution in [1.29, 1.82) is 0 Å². The van der Waals surface area contributed by atoms with Gasteiger partial charge in [-0.25, -0.2) is 0 Å². The maximum absolute atomic E-state index is 10.6. The summed E-state index contributed by atoms with van der Waals surface area (Å²) in [6, 6.07) is 7.68. The monoisotopic (exact) mass is 290 g/mol. The van der Waals surface area contributed by atoms with Crippen LogP contribution in [0.15, 0.2) is 36.7 Å². The Labute approximate surface area is 126 Å². The quantitative estimate of drug-likeness (QED) is 0.567. The fourth-order valence-electron chi connectivity index (χ4n) is 3.26. The zero-order chi connectivity index (χ0) is 15.3. The minimum atomic E-state index is 0.452. The van der Waals surface area contributed by atoms with Crippen LogP contribution in [0.3, 0.4) is 0 Å². The topological polar surface area (TPSA) is 55.0 Å². The molecule has 0 spiro atoms. The van der Waals surface area contributed by atoms with E-state index in [-0.39, 0.29) is 0 Å². The van der Waals surface area contributed by atoms with E-state index in [0.29, 0.717) is 12.2 Å². The summed E-state index contributed by atoms with van der Waals surface area (Å²) < 4.78 is 4.98. The van der Waals surface area contributed by atoms with Crippen molar-refractivity contribution in [1.82, 2.24) is 9.97 Å². The van der Waals surface area contributed by atoms with Gasteiger partial charge in [0.25, 0.3) is 6.47 Å². The van der Waals surface area contributed by atoms with E-state index in [1.807, 2.05) is 30.6 Å². The van der Waals surface area contributed by atoms with Crippen molar-refractivity contribution in [2.24, 2.45) is 0 Å². The summed E-state index contributed by atoms with van der Waals surface area (Å²) in [6.07, 6.45) is 3.72. The largest absolute Gasteiger partial charge is 0.429 e. The van der Waals surface area contributed by atoms with Crippen LogP contribution in [0.5, 0.6) is 5.75 Å². The molecule has 0 saturated carbocycles. The predicted molar refractivity (Wildman–Crippen MR) is 87.3 cm³/mol. The Bertz CT molecular complexity index is 1050. The number of hydrogen-bond donors (Lipinski definition) is 1. The number of hydrogen-bond acceptors (Lipinski definition) is 3. The Kier molecular flexibility index (Phi) is 2.66. The molecule has 2 aromatic carbocycles. The maximum atomic E-state index is 10.6. The van der Waals surface area contributed by atoms with E-state index in [4.69, 9.17) is 4.74 Å². The van der Waals surface area contributed by atoms with Gasteiger partial charge in [0.2, 0.25) is 0 Å². The molecule has 0 aliphatic carbocycles. The van der Waals surface area contributed by atoms with Gasteiger partial charge >= 0.3 is 0 Å². The molecule has 1 N–H and O–H groups in total. The van der Waals surface area contributed by atoms with Crippen molar-refractivity contribution in [3.8, 4) is 5.75 Å². The number of pyridine rings is 1. The second-order valence-electron chi connectivity index (χ2n) is 5.47. The summed E-state index contributed by atoms with van der Waals surface area (Å²) in [4.78, 5) is 18.3. The van der Waals surface area contributed by atoms with Crippen LogP contribution in [0.1, 0.15) is 11.1 Å². The zero-order valence-corrected chi connectivity index (χ0v) is 12.3. The minimum Gasteiger partial charge on any atom is -0.429 e. The van der Waals surface area contributed by atoms with Gasteiger partial charge in [0.1, 0.15) is 5.75 Å². The highest BCUT2D eigenvalue weighted by atomic mass is 16.5. The first-order valence-corrected chi connectivity index (χ1v) is 7.09. The number of carbonyl (C=O) groups is 1. The molecule has 0 aliphatic rings. The van der Waals surface area contributed by atoms with E-state index >= 15 is 0 Å². The molecule has 0 bridgehead atoms. The first-order chi connectivity index (χ1) is 10.7. The molecule has 108 valence electrons. The van der Waals surface area contributed by atoms with Crippen molar-refractivity contribution >= 4 is 39.1 Å². The fourth-order valence-corrected chi connectivity index (χ4v) is 3.26. The summed E-state index contributed by atoms with van der Waals surface area (Å²) in [5.74, 6) is 0.548. The number of aromatic amines is 1. The van der Waals surface area contributed by atoms with E-state index in [1.54, 1.807) is 6.07 Å². The lowest BCUT2D eigenvalue weighted by Gasteiger charge is -2.08. The third kappa shape index (κ3) is 1.64. The summed E-state index contributed by atoms with van der Waals surface area (Å²) in [7, 11) is 0. The van der Waals surface area contributed by atoms with E-state index in [2.05, 4.69) is 23.8 Å². The van der Waals surface area contributed by atoms with Crippen molar-refractivity contribution in [3.05, 3.63) is 47.8 Å². The van der Waals surface area contributed by atoms with Crippen molar-refractivity contribution in [3.63, 3.8) is 0 Å². The lowest BCUT2D eigenvalue weighted by Crippen LogP contribution is -1.88. The number of ether oxygens (including phenoxy) is 1. The van der Waals surface area contributed by atoms with Crippen LogP contribution in [0.4, 0.5) is 0 Å². The molecular formula is C18H14N2O2. The first kappa shape index (κ1) is 12.8. The number of rotatable bonds is 2. The van der Waals surface area contributed by atoms with Gasteiger partial charge in [0, 0.05) is 34.1 Å². The standard InChI is InChI=1S/C18H14N2O2/c1-10-15-8-19-6-5-13(15)11(2)18-17(10)14-7-12(22-9-21)3-4-16(14)20-18/h3-9,20H,1-2H3. The van der Waals surface area contributed by atoms with E-state index in [9.17, 15) is 4.79 Å². The summed E-state index contributed by atoms with van der Waals surface area (Å²) in [5, 5.41) is 4.57. The molecule has 0 aliphatic heterocycles. The normalized spacial score (nSPS) is 11.4. The number of H-pyrrole nitrogens is 1. The molecule has 0 radical (unpaired) electrons. The Morgan fingerprint density at radius 3 is 2.77 bits per heavy atom. The van der Waals surface area contributed by atoms with Crippen LogP contribution in [0.25, 0.3) is 32.6 Å². The Balaban J connectivity index is 2.22. The molecule has 0 saturated heterocycles. The molecule has 2 heterocycles. The third-order valence-electron chi connectivity index (χ3n) is 4.33. The fraction of sp³-hybridized carbons (Fsp3) is 0.111. The average molecular weight is 290 g/mol. The molecule has 0 fully saturated rings. The van der Waals surface area contributed by atoms with Gasteiger partial charge in [-0.2, -0.15) is 0 Å². The molecule has 2 aromatic heterocycles. The van der Waals surface area contributed by atoms with Gasteiger partial charge in [0.05, 0.1) is 5.52 Å². The predicted octanol–water partition coefficient (Wildman–Crippen LogP) is 4.02. The van der Waals surface area contributed by atoms with Crippen molar-refractivity contribution in [2.45, 2.75) is 13.8 Å². The number of nitrogens with one attached hydrogen (secondary N) is 1. The van der Waals surface area contributed by atoms with Gasteiger partial charge in [-0.05, 0) is 54.6 Å². The van der Waals surface area contributed by atoms with Crippen LogP contribution in [0.2, 0.25) is 0 Å². The van der Waals surface area contributed by atoms with Crippen molar-refractivity contribution in [2.75, 3.05) is 0 Å². The number of nitrogens with zero attached hydrogens (tertiary/aromatic N) is 1. The molecule has 4 aromatic rings. The summed E-state index contributed by atoms with van der Waals surface area (Å²) in [6.45, 7) is 4.67. The number of fused-ring (bicyclic) bond motifs is 4. The van der Waals surface area contributed by atoms with Crippen LogP contribution >= 0.6 is 0 Å². The molecule has 4 heteroatoms. The minimum absolute atomic E-state index is 0.452. The Morgan fingerprint density at radius 1 is 1.09 bits per heavy atom. The highest BCUT2D eigenvalue weighted by Gasteiger charge is 2.14. The zero-order valence-electron chi connectivity index (χ0n) is 12.3. The van der Waals surface area contributed by atoms with Crippen LogP contribution in [-0.4, -0.2) is 16.4 Å². The molecule has 0 atom stereocenters. The van der Waals surface area contributed by atoms with Crippen LogP contribution in [-0.2, 0) is 4.79 Å². The van der Waals surface area contributed by atoms with Gasteiger partial charge in [-0.15, -0.1) is 0 Å². The lowest BCUT2D eigenvalue weighted by atomic mass is 9.97. The van der Waals surface area contributed by atoms with Crippen molar-refractivity contribution < 1.29 is 9.53 Å². The first-order valence-electron chi connectivity index (χ1n) is 7.09. The Hall–Kier alpha value is -2.88. The highest BCUT2D eigenvalue weighted by Crippen LogP contribution is 2.37. The molecule has 4 rings (SSSR count). The van der Waals surface area contributed by atoms with E-state index in [1.165, 1.54) is 16.5 Å². The molecule has 22 heavy (non-hydrogen) atoms. The number of aryl methyl sites for hydroxylation is 2.